The number of aromatic nitrogens is 1. The van der Waals surface area contributed by atoms with Crippen LogP contribution in [0.25, 0.3) is 21.7 Å². The Morgan fingerprint density at radius 1 is 0.800 bits per heavy atom. The topological polar surface area (TPSA) is 12.9 Å². The number of hydrogen-bond donors (Lipinski definition) is 0. The second kappa shape index (κ2) is 3.11. The van der Waals surface area contributed by atoms with Gasteiger partial charge in [-0.1, -0.05) is 47.2 Å². The molecule has 0 unspecified atom stereocenters. The second-order valence-corrected chi connectivity index (χ2v) is 3.29. The normalized spacial score (nSPS) is 10.1. The van der Waals surface area contributed by atoms with E-state index in [1.54, 1.807) is 0 Å². The SMILES string of the molecule is [Rf].[c-]1nc2ccccc2c2ccccc12. The van der Waals surface area contributed by atoms with Crippen molar-refractivity contribution in [2.75, 3.05) is 0 Å². The first-order valence-corrected chi connectivity index (χ1v) is 4.60. The van der Waals surface area contributed by atoms with E-state index in [1.807, 2.05) is 36.4 Å². The minimum atomic E-state index is 0. The molecule has 68 valence electrons. The fourth-order valence-corrected chi connectivity index (χ4v) is 1.73. The van der Waals surface area contributed by atoms with Gasteiger partial charge >= 0.3 is 0 Å². The van der Waals surface area contributed by atoms with E-state index in [0.29, 0.717) is 0 Å². The standard InChI is InChI=1S/C13H8N.Rf/c1-2-6-11-10(5-1)9-14-13-8-4-3-7-12(11)13;/h1-8H;/q-1;. The maximum absolute atomic E-state index is 4.28. The van der Waals surface area contributed by atoms with Crippen LogP contribution in [0.2, 0.25) is 0 Å². The van der Waals surface area contributed by atoms with Crippen molar-refractivity contribution in [1.82, 2.24) is 4.98 Å². The van der Waals surface area contributed by atoms with Crippen LogP contribution in [0, 0.1) is 6.20 Å². The van der Waals surface area contributed by atoms with E-state index in [-0.39, 0.29) is 0 Å². The van der Waals surface area contributed by atoms with Gasteiger partial charge in [0.15, 0.2) is 0 Å². The summed E-state index contributed by atoms with van der Waals surface area (Å²) < 4.78 is 0. The molecule has 0 spiro atoms. The fraction of sp³-hybridized carbons (Fsp3) is 0. The van der Waals surface area contributed by atoms with Crippen molar-refractivity contribution in [3.63, 3.8) is 0 Å². The molecule has 2 aromatic carbocycles. The minimum Gasteiger partial charge on any atom is -0.352 e. The van der Waals surface area contributed by atoms with Gasteiger partial charge in [0.1, 0.15) is 0 Å². The van der Waals surface area contributed by atoms with Gasteiger partial charge in [-0.2, -0.15) is 0 Å². The molecule has 0 saturated heterocycles. The summed E-state index contributed by atoms with van der Waals surface area (Å²) in [5.41, 5.74) is 1.01. The fourth-order valence-electron chi connectivity index (χ4n) is 1.73. The number of fused-ring (bicyclic) bond motifs is 3. The molecule has 0 amide bonds. The Kier molecular flexibility index (Phi) is 1.80. The molecule has 15 heavy (non-hydrogen) atoms. The van der Waals surface area contributed by atoms with Gasteiger partial charge in [0.25, 0.3) is 0 Å². The third-order valence-electron chi connectivity index (χ3n) is 2.42. The smallest absolute Gasteiger partial charge is 0 e. The van der Waals surface area contributed by atoms with Crippen molar-refractivity contribution < 1.29 is 0 Å². The number of hydrogen-bond acceptors (Lipinski definition) is 1. The largest absolute Gasteiger partial charge is 0.352 e. The maximum atomic E-state index is 4.28. The van der Waals surface area contributed by atoms with E-state index in [9.17, 15) is 0 Å². The Morgan fingerprint density at radius 2 is 1.47 bits per heavy atom. The molecule has 1 nitrogen and oxygen atoms in total. The first-order valence-electron chi connectivity index (χ1n) is 4.60. The molecule has 0 aliphatic heterocycles. The molecule has 0 atom stereocenters. The summed E-state index contributed by atoms with van der Waals surface area (Å²) in [6.07, 6.45) is 3.04. The molecule has 0 aliphatic rings. The molecule has 0 N–H and O–H groups in total. The van der Waals surface area contributed by atoms with Crippen LogP contribution in [0.1, 0.15) is 0 Å². The van der Waals surface area contributed by atoms with Crippen LogP contribution in [0.15, 0.2) is 48.5 Å². The van der Waals surface area contributed by atoms with Crippen molar-refractivity contribution in [1.29, 1.82) is 0 Å². The summed E-state index contributed by atoms with van der Waals surface area (Å²) >= 11 is 0. The number of rotatable bonds is 0. The molecule has 1 heterocycles. The summed E-state index contributed by atoms with van der Waals surface area (Å²) in [6.45, 7) is 0. The van der Waals surface area contributed by atoms with E-state index in [2.05, 4.69) is 23.3 Å². The van der Waals surface area contributed by atoms with Crippen molar-refractivity contribution in [2.24, 2.45) is 0 Å². The van der Waals surface area contributed by atoms with Gasteiger partial charge in [-0.3, -0.25) is 0 Å². The quantitative estimate of drug-likeness (QED) is 0.383. The predicted octanol–water partition coefficient (Wildman–Crippen LogP) is 3.19. The zero-order valence-corrected chi connectivity index (χ0v) is 14.7. The monoisotopic (exact) mass is 445 g/mol. The van der Waals surface area contributed by atoms with E-state index in [0.717, 1.165) is 10.9 Å². The molecule has 1 aromatic heterocycles. The summed E-state index contributed by atoms with van der Waals surface area (Å²) in [5.74, 6) is 0. The zero-order valence-electron chi connectivity index (χ0n) is 8.27. The third kappa shape index (κ3) is 1.17. The number of para-hydroxylation sites is 1. The number of benzene rings is 2. The minimum absolute atomic E-state index is 0. The number of pyridine rings is 1. The number of nitrogens with zero attached hydrogens (tertiary/aromatic N) is 1. The Morgan fingerprint density at radius 3 is 2.33 bits per heavy atom. The van der Waals surface area contributed by atoms with Crippen LogP contribution in [-0.4, -0.2) is 4.98 Å². The van der Waals surface area contributed by atoms with Crippen molar-refractivity contribution >= 4 is 21.7 Å². The van der Waals surface area contributed by atoms with Gasteiger partial charge in [0, 0.05) is 0 Å². The van der Waals surface area contributed by atoms with Crippen molar-refractivity contribution in [3.8, 4) is 0 Å². The van der Waals surface area contributed by atoms with Gasteiger partial charge in [0.2, 0.25) is 0 Å². The van der Waals surface area contributed by atoms with Crippen LogP contribution >= 0.6 is 0 Å². The van der Waals surface area contributed by atoms with Gasteiger partial charge in [0.05, 0.1) is 0 Å². The molecule has 3 aromatic rings. The van der Waals surface area contributed by atoms with E-state index in [4.69, 9.17) is 0 Å². The average Bonchev–Trinajstić information content (AvgIpc) is 2.29. The average molecular weight is 445 g/mol. The summed E-state index contributed by atoms with van der Waals surface area (Å²) in [4.78, 5) is 4.28. The molecular weight excluding hydrogens is 437 g/mol. The van der Waals surface area contributed by atoms with Gasteiger partial charge in [-0.15, -0.1) is 17.5 Å². The molecule has 0 saturated carbocycles. The van der Waals surface area contributed by atoms with Gasteiger partial charge < -0.3 is 4.98 Å². The summed E-state index contributed by atoms with van der Waals surface area (Å²) in [7, 11) is 0. The van der Waals surface area contributed by atoms with Crippen LogP contribution < -0.4 is 0 Å². The molecule has 0 fully saturated rings. The Labute approximate surface area is 82.0 Å². The second-order valence-electron chi connectivity index (χ2n) is 3.29. The van der Waals surface area contributed by atoms with E-state index in [1.165, 1.54) is 10.8 Å². The summed E-state index contributed by atoms with van der Waals surface area (Å²) in [6, 6.07) is 16.3. The Balaban J connectivity index is 0.000000853. The molecule has 0 radical (unpaired) electrons. The molecule has 3 rings (SSSR count). The van der Waals surface area contributed by atoms with Crippen molar-refractivity contribution in [2.45, 2.75) is 0 Å². The van der Waals surface area contributed by atoms with E-state index < -0.39 is 0 Å². The first kappa shape index (κ1) is 8.70. The van der Waals surface area contributed by atoms with Crippen LogP contribution in [0.4, 0.5) is 0 Å². The molecule has 0 bridgehead atoms. The van der Waals surface area contributed by atoms with Gasteiger partial charge in [-0.05, 0) is 11.7 Å². The molecule has 2 heteroatoms. The van der Waals surface area contributed by atoms with E-state index >= 15 is 0 Å². The van der Waals surface area contributed by atoms with Crippen molar-refractivity contribution in [3.05, 3.63) is 54.7 Å². The maximum Gasteiger partial charge on any atom is 0 e. The predicted molar refractivity (Wildman–Crippen MR) is 58.1 cm³/mol. The third-order valence-corrected chi connectivity index (χ3v) is 2.42. The Bertz CT molecular complexity index is 550. The molecule has 0 aliphatic carbocycles. The zero-order chi connectivity index (χ0) is 9.38. The van der Waals surface area contributed by atoms with Crippen LogP contribution in [-0.2, 0) is 0 Å². The first-order chi connectivity index (χ1) is 6.95. The Hall–Kier alpha value is -2.89. The molecular formula is C13H8NRf-. The summed E-state index contributed by atoms with van der Waals surface area (Å²) in [5, 5.41) is 3.49. The van der Waals surface area contributed by atoms with Crippen LogP contribution in [0.5, 0.6) is 0 Å². The van der Waals surface area contributed by atoms with Crippen LogP contribution in [0.3, 0.4) is 0 Å². The van der Waals surface area contributed by atoms with Gasteiger partial charge in [-0.25, -0.2) is 0 Å².